The van der Waals surface area contributed by atoms with Crippen LogP contribution in [0.4, 0.5) is 11.4 Å². The molecule has 0 saturated heterocycles. The van der Waals surface area contributed by atoms with Gasteiger partial charge < -0.3 is 4.90 Å². The Kier molecular flexibility index (Phi) is 9.81. The van der Waals surface area contributed by atoms with E-state index in [-0.39, 0.29) is 6.04 Å². The highest BCUT2D eigenvalue weighted by Gasteiger charge is 2.23. The largest absolute Gasteiger partial charge is 0.335 e. The molecular weight excluding hydrogens is 803 g/mol. The van der Waals surface area contributed by atoms with E-state index in [0.717, 1.165) is 6.42 Å². The fraction of sp³-hybridized carbons (Fsp3) is 0.0476. The zero-order chi connectivity index (χ0) is 43.3. The van der Waals surface area contributed by atoms with E-state index in [1.54, 1.807) is 0 Å². The Hall–Kier alpha value is -7.78. The number of thiophene rings is 1. The van der Waals surface area contributed by atoms with Crippen molar-refractivity contribution in [3.8, 4) is 55.6 Å². The van der Waals surface area contributed by atoms with E-state index in [1.807, 2.05) is 11.3 Å². The summed E-state index contributed by atoms with van der Waals surface area (Å²) in [7, 11) is 0. The number of fused-ring (bicyclic) bond motifs is 6. The Morgan fingerprint density at radius 2 is 0.954 bits per heavy atom. The number of anilines is 2. The van der Waals surface area contributed by atoms with Gasteiger partial charge in [0.05, 0.1) is 0 Å². The molecule has 0 aliphatic carbocycles. The third-order valence-electron chi connectivity index (χ3n) is 13.3. The first-order chi connectivity index (χ1) is 32.2. The van der Waals surface area contributed by atoms with Crippen molar-refractivity contribution in [3.05, 3.63) is 242 Å². The summed E-state index contributed by atoms with van der Waals surface area (Å²) in [6, 6.07) is 78.7. The van der Waals surface area contributed by atoms with Gasteiger partial charge in [-0.1, -0.05) is 206 Å². The molecular formula is C63H45NS. The maximum atomic E-state index is 2.55. The average molecular weight is 848 g/mol. The summed E-state index contributed by atoms with van der Waals surface area (Å²) >= 11 is 1.89. The first kappa shape index (κ1) is 38.9. The fourth-order valence-corrected chi connectivity index (χ4v) is 11.4. The van der Waals surface area contributed by atoms with Gasteiger partial charge in [-0.15, -0.1) is 11.3 Å². The van der Waals surface area contributed by atoms with Gasteiger partial charge >= 0.3 is 0 Å². The van der Waals surface area contributed by atoms with Crippen molar-refractivity contribution in [2.45, 2.75) is 19.4 Å². The topological polar surface area (TPSA) is 3.24 Å². The van der Waals surface area contributed by atoms with E-state index in [1.165, 1.54) is 114 Å². The Labute approximate surface area is 384 Å². The molecule has 1 aromatic heterocycles. The quantitative estimate of drug-likeness (QED) is 0.151. The van der Waals surface area contributed by atoms with Gasteiger partial charge in [-0.3, -0.25) is 0 Å². The lowest BCUT2D eigenvalue weighted by atomic mass is 9.85. The van der Waals surface area contributed by atoms with Gasteiger partial charge in [0.2, 0.25) is 0 Å². The smallest absolute Gasteiger partial charge is 0.0497 e. The zero-order valence-corrected chi connectivity index (χ0v) is 37.0. The molecule has 11 aromatic rings. The van der Waals surface area contributed by atoms with Crippen molar-refractivity contribution >= 4 is 64.4 Å². The second kappa shape index (κ2) is 16.4. The monoisotopic (exact) mass is 847 g/mol. The van der Waals surface area contributed by atoms with E-state index >= 15 is 0 Å². The molecule has 1 atom stereocenters. The van der Waals surface area contributed by atoms with Crippen LogP contribution < -0.4 is 4.90 Å². The normalized spacial score (nSPS) is 13.9. The van der Waals surface area contributed by atoms with E-state index in [4.69, 9.17) is 0 Å². The van der Waals surface area contributed by atoms with Crippen LogP contribution in [0.1, 0.15) is 12.5 Å². The predicted molar refractivity (Wildman–Crippen MR) is 282 cm³/mol. The van der Waals surface area contributed by atoms with E-state index < -0.39 is 0 Å². The molecule has 2 heteroatoms. The lowest BCUT2D eigenvalue weighted by Gasteiger charge is -2.32. The minimum Gasteiger partial charge on any atom is -0.335 e. The van der Waals surface area contributed by atoms with E-state index in [2.05, 4.69) is 248 Å². The van der Waals surface area contributed by atoms with Crippen LogP contribution in [0.2, 0.25) is 0 Å². The molecule has 0 radical (unpaired) electrons. The molecule has 10 aromatic carbocycles. The molecule has 1 aliphatic rings. The van der Waals surface area contributed by atoms with Crippen molar-refractivity contribution in [2.24, 2.45) is 0 Å². The number of rotatable bonds is 6. The number of allylic oxidation sites excluding steroid dienone is 3. The third-order valence-corrected chi connectivity index (χ3v) is 14.5. The molecule has 0 bridgehead atoms. The molecule has 0 fully saturated rings. The molecule has 1 aliphatic heterocycles. The maximum Gasteiger partial charge on any atom is 0.0497 e. The van der Waals surface area contributed by atoms with Crippen molar-refractivity contribution in [1.29, 1.82) is 0 Å². The average Bonchev–Trinajstić information content (AvgIpc) is 3.78. The van der Waals surface area contributed by atoms with E-state index in [0.29, 0.717) is 0 Å². The highest BCUT2D eigenvalue weighted by Crippen LogP contribution is 2.47. The van der Waals surface area contributed by atoms with Gasteiger partial charge in [0.1, 0.15) is 0 Å². The molecule has 0 saturated carbocycles. The second-order valence-corrected chi connectivity index (χ2v) is 18.2. The highest BCUT2D eigenvalue weighted by molar-refractivity contribution is 7.26. The minimum absolute atomic E-state index is 0.0879. The van der Waals surface area contributed by atoms with Gasteiger partial charge in [-0.2, -0.15) is 0 Å². The number of nitrogens with zero attached hydrogens (tertiary/aromatic N) is 1. The highest BCUT2D eigenvalue weighted by atomic mass is 32.1. The van der Waals surface area contributed by atoms with Crippen molar-refractivity contribution in [3.63, 3.8) is 0 Å². The van der Waals surface area contributed by atoms with Crippen LogP contribution in [0.15, 0.2) is 237 Å². The summed E-state index contributed by atoms with van der Waals surface area (Å²) in [4.78, 5) is 2.55. The molecule has 2 heterocycles. The number of hydrogen-bond acceptors (Lipinski definition) is 2. The lowest BCUT2D eigenvalue weighted by molar-refractivity contribution is 0.860. The van der Waals surface area contributed by atoms with Crippen LogP contribution in [0.25, 0.3) is 97.4 Å². The van der Waals surface area contributed by atoms with Crippen LogP contribution in [-0.2, 0) is 6.42 Å². The Bertz CT molecular complexity index is 3620. The fourth-order valence-electron chi connectivity index (χ4n) is 10.2. The summed E-state index contributed by atoms with van der Waals surface area (Å²) < 4.78 is 2.67. The Morgan fingerprint density at radius 3 is 1.63 bits per heavy atom. The van der Waals surface area contributed by atoms with Crippen molar-refractivity contribution in [2.75, 3.05) is 4.90 Å². The van der Waals surface area contributed by atoms with Gasteiger partial charge in [0.15, 0.2) is 0 Å². The van der Waals surface area contributed by atoms with Gasteiger partial charge in [0, 0.05) is 37.6 Å². The summed E-state index contributed by atoms with van der Waals surface area (Å²) in [6.45, 7) is 2.32. The number of benzene rings is 10. The summed E-state index contributed by atoms with van der Waals surface area (Å²) in [5.41, 5.74) is 16.0. The second-order valence-electron chi connectivity index (χ2n) is 17.2. The van der Waals surface area contributed by atoms with Crippen molar-refractivity contribution in [1.82, 2.24) is 0 Å². The van der Waals surface area contributed by atoms with Crippen LogP contribution in [0.3, 0.4) is 0 Å². The molecule has 1 unspecified atom stereocenters. The maximum absolute atomic E-state index is 2.55. The molecule has 12 rings (SSSR count). The zero-order valence-electron chi connectivity index (χ0n) is 36.2. The molecule has 1 nitrogen and oxygen atoms in total. The molecule has 0 spiro atoms. The predicted octanol–water partition coefficient (Wildman–Crippen LogP) is 17.9. The molecule has 65 heavy (non-hydrogen) atoms. The molecule has 0 amide bonds. The van der Waals surface area contributed by atoms with Gasteiger partial charge in [-0.05, 0) is 126 Å². The lowest BCUT2D eigenvalue weighted by Crippen LogP contribution is -2.27. The standard InChI is InChI=1S/C63H45NS/c1-42-16-5-2-10-21-50-40-49(52-25-15-26-57-53-22-13-14-27-60(53)65-63(52)57)36-39-59(50)64(42)51-37-38-56-58(41-51)62(48-34-30-46(31-35-48)44-19-8-4-9-20-44)55-24-12-11-23-54(55)61(56)47-32-28-45(29-33-47)43-17-6-3-7-18-43/h2-20,22-42H,21H2,1H3. The first-order valence-corrected chi connectivity index (χ1v) is 23.4. The van der Waals surface area contributed by atoms with Crippen LogP contribution >= 0.6 is 11.3 Å². The summed E-state index contributed by atoms with van der Waals surface area (Å²) in [6.07, 6.45) is 9.88. The van der Waals surface area contributed by atoms with E-state index in [9.17, 15) is 0 Å². The van der Waals surface area contributed by atoms with Gasteiger partial charge in [0.25, 0.3) is 0 Å². The first-order valence-electron chi connectivity index (χ1n) is 22.6. The SMILES string of the molecule is CC1C=CC=CCc2cc(-c3cccc4c3sc3ccccc34)ccc2N1c1ccc2c(-c3ccc(-c4ccccc4)cc3)c3ccccc3c(-c3ccc(-c4ccccc4)cc3)c2c1. The summed E-state index contributed by atoms with van der Waals surface area (Å²) in [5.74, 6) is 0. The Balaban J connectivity index is 1.06. The van der Waals surface area contributed by atoms with Crippen LogP contribution in [0.5, 0.6) is 0 Å². The molecule has 308 valence electrons. The number of hydrogen-bond donors (Lipinski definition) is 0. The summed E-state index contributed by atoms with van der Waals surface area (Å²) in [5, 5.41) is 7.62. The van der Waals surface area contributed by atoms with Crippen LogP contribution in [-0.4, -0.2) is 6.04 Å². The molecule has 0 N–H and O–H groups in total. The van der Waals surface area contributed by atoms with Crippen molar-refractivity contribution < 1.29 is 0 Å². The van der Waals surface area contributed by atoms with Gasteiger partial charge in [-0.25, -0.2) is 0 Å². The Morgan fingerprint density at radius 1 is 0.415 bits per heavy atom. The minimum atomic E-state index is 0.0879. The van der Waals surface area contributed by atoms with Crippen LogP contribution in [0, 0.1) is 0 Å². The third kappa shape index (κ3) is 6.95.